The van der Waals surface area contributed by atoms with Gasteiger partial charge in [-0.05, 0) is 6.92 Å². The zero-order valence-electron chi connectivity index (χ0n) is 19.0. The molecule has 3 aromatic carbocycles. The molecule has 8 nitrogen and oxygen atoms in total. The Hall–Kier alpha value is -3.62. The van der Waals surface area contributed by atoms with Crippen LogP contribution < -0.4 is 14.8 Å². The first-order valence-corrected chi connectivity index (χ1v) is 11.1. The molecule has 1 N–H and O–H groups in total. The molecule has 4 rings (SSSR count). The minimum atomic E-state index is -0.590. The molecule has 0 aliphatic carbocycles. The first-order chi connectivity index (χ1) is 16.5. The minimum Gasteiger partial charge on any atom is -0.489 e. The molecular weight excluding hydrogens is 438 g/mol. The maximum atomic E-state index is 12.5. The number of benzene rings is 3. The van der Waals surface area contributed by atoms with E-state index in [9.17, 15) is 9.59 Å². The van der Waals surface area contributed by atoms with Gasteiger partial charge in [0.05, 0.1) is 19.8 Å². The number of fused-ring (bicyclic) bond motifs is 2. The van der Waals surface area contributed by atoms with E-state index in [2.05, 4.69) is 11.9 Å². The summed E-state index contributed by atoms with van der Waals surface area (Å²) in [5, 5.41) is 5.96. The van der Waals surface area contributed by atoms with Crippen molar-refractivity contribution in [3.05, 3.63) is 60.7 Å². The molecule has 0 radical (unpaired) electrons. The predicted octanol–water partition coefficient (Wildman–Crippen LogP) is 3.99. The Morgan fingerprint density at radius 1 is 0.971 bits per heavy atom. The Morgan fingerprint density at radius 2 is 1.56 bits per heavy atom. The number of ether oxygens (including phenoxy) is 5. The van der Waals surface area contributed by atoms with E-state index in [1.54, 1.807) is 6.92 Å². The molecule has 1 heterocycles. The number of hydrogen-bond donors (Lipinski definition) is 1. The van der Waals surface area contributed by atoms with Gasteiger partial charge >= 0.3 is 12.1 Å². The van der Waals surface area contributed by atoms with Gasteiger partial charge in [-0.3, -0.25) is 0 Å². The van der Waals surface area contributed by atoms with Crippen LogP contribution in [0.25, 0.3) is 21.5 Å². The molecule has 1 aliphatic heterocycles. The summed E-state index contributed by atoms with van der Waals surface area (Å²) in [7, 11) is 0. The summed E-state index contributed by atoms with van der Waals surface area (Å²) >= 11 is 0. The zero-order chi connectivity index (χ0) is 23.9. The number of carbonyl (C=O) groups is 2. The normalized spacial score (nSPS) is 14.6. The lowest BCUT2D eigenvalue weighted by atomic mass is 10.0. The van der Waals surface area contributed by atoms with Gasteiger partial charge in [-0.15, -0.1) is 0 Å². The predicted molar refractivity (Wildman–Crippen MR) is 127 cm³/mol. The van der Waals surface area contributed by atoms with Crippen molar-refractivity contribution >= 4 is 33.6 Å². The fraction of sp³-hybridized carbons (Fsp3) is 0.308. The van der Waals surface area contributed by atoms with Crippen LogP contribution >= 0.6 is 0 Å². The molecule has 178 valence electrons. The number of amides is 1. The van der Waals surface area contributed by atoms with E-state index >= 15 is 0 Å². The third-order valence-corrected chi connectivity index (χ3v) is 5.17. The third kappa shape index (κ3) is 5.84. The molecule has 0 aromatic heterocycles. The number of epoxide rings is 1. The summed E-state index contributed by atoms with van der Waals surface area (Å²) in [6.45, 7) is 7.10. The van der Waals surface area contributed by atoms with Crippen LogP contribution in [0.4, 0.5) is 4.79 Å². The smallest absolute Gasteiger partial charge is 0.412 e. The molecule has 0 spiro atoms. The maximum absolute atomic E-state index is 12.5. The van der Waals surface area contributed by atoms with Crippen LogP contribution in [0.1, 0.15) is 6.92 Å². The van der Waals surface area contributed by atoms with Gasteiger partial charge < -0.3 is 29.0 Å². The largest absolute Gasteiger partial charge is 0.489 e. The number of nitrogens with one attached hydrogen (secondary N) is 1. The topological polar surface area (TPSA) is 95.6 Å². The summed E-state index contributed by atoms with van der Waals surface area (Å²) in [5.74, 6) is 0.753. The Labute approximate surface area is 197 Å². The van der Waals surface area contributed by atoms with E-state index in [4.69, 9.17) is 23.7 Å². The Kier molecular flexibility index (Phi) is 7.61. The first-order valence-electron chi connectivity index (χ1n) is 11.1. The zero-order valence-corrected chi connectivity index (χ0v) is 19.0. The molecule has 0 bridgehead atoms. The average molecular weight is 466 g/mol. The van der Waals surface area contributed by atoms with E-state index in [1.807, 2.05) is 48.5 Å². The molecule has 0 saturated carbocycles. The fourth-order valence-corrected chi connectivity index (χ4v) is 3.43. The number of esters is 1. The van der Waals surface area contributed by atoms with E-state index in [1.165, 1.54) is 0 Å². The fourth-order valence-electron chi connectivity index (χ4n) is 3.43. The minimum absolute atomic E-state index is 0.120. The van der Waals surface area contributed by atoms with Crippen LogP contribution in [-0.2, 0) is 19.0 Å². The van der Waals surface area contributed by atoms with Crippen molar-refractivity contribution in [3.63, 3.8) is 0 Å². The van der Waals surface area contributed by atoms with Crippen LogP contribution in [0.3, 0.4) is 0 Å². The van der Waals surface area contributed by atoms with Crippen LogP contribution in [0, 0.1) is 0 Å². The van der Waals surface area contributed by atoms with Gasteiger partial charge in [-0.2, -0.15) is 0 Å². The summed E-state index contributed by atoms with van der Waals surface area (Å²) in [6, 6.07) is 15.3. The van der Waals surface area contributed by atoms with Crippen molar-refractivity contribution in [2.24, 2.45) is 0 Å². The van der Waals surface area contributed by atoms with Crippen molar-refractivity contribution < 1.29 is 33.3 Å². The van der Waals surface area contributed by atoms with E-state index in [0.29, 0.717) is 24.5 Å². The summed E-state index contributed by atoms with van der Waals surface area (Å²) in [5.41, 5.74) is 0.334. The molecule has 8 heteroatoms. The molecule has 1 saturated heterocycles. The van der Waals surface area contributed by atoms with E-state index < -0.39 is 12.1 Å². The Balaban J connectivity index is 1.40. The van der Waals surface area contributed by atoms with Crippen LogP contribution in [-0.4, -0.2) is 57.7 Å². The van der Waals surface area contributed by atoms with Crippen LogP contribution in [0.15, 0.2) is 60.7 Å². The highest BCUT2D eigenvalue weighted by molar-refractivity contribution is 6.11. The second-order valence-electron chi connectivity index (χ2n) is 7.86. The maximum Gasteiger partial charge on any atom is 0.412 e. The van der Waals surface area contributed by atoms with Crippen molar-refractivity contribution in [1.29, 1.82) is 0 Å². The van der Waals surface area contributed by atoms with E-state index in [-0.39, 0.29) is 32.5 Å². The Morgan fingerprint density at radius 3 is 2.12 bits per heavy atom. The van der Waals surface area contributed by atoms with Crippen molar-refractivity contribution in [2.75, 3.05) is 39.6 Å². The van der Waals surface area contributed by atoms with Gasteiger partial charge in [0.15, 0.2) is 0 Å². The first kappa shape index (κ1) is 23.5. The van der Waals surface area contributed by atoms with E-state index in [0.717, 1.165) is 27.3 Å². The molecule has 1 unspecified atom stereocenters. The lowest BCUT2D eigenvalue weighted by Gasteiger charge is -2.17. The molecule has 1 fully saturated rings. The second kappa shape index (κ2) is 11.0. The lowest BCUT2D eigenvalue weighted by Crippen LogP contribution is -2.30. The van der Waals surface area contributed by atoms with Gasteiger partial charge in [-0.1, -0.05) is 55.1 Å². The number of carbonyl (C=O) groups excluding carboxylic acids is 2. The van der Waals surface area contributed by atoms with Crippen molar-refractivity contribution in [2.45, 2.75) is 13.0 Å². The van der Waals surface area contributed by atoms with Crippen LogP contribution in [0.2, 0.25) is 0 Å². The monoisotopic (exact) mass is 465 g/mol. The SMILES string of the molecule is C=C(C)C(=O)OCCOCCNC(=O)Oc1c2ccccc2c(OCC2CO2)c2ccccc12. The van der Waals surface area contributed by atoms with Gasteiger partial charge in [0.25, 0.3) is 0 Å². The highest BCUT2D eigenvalue weighted by atomic mass is 16.6. The lowest BCUT2D eigenvalue weighted by molar-refractivity contribution is -0.140. The van der Waals surface area contributed by atoms with Gasteiger partial charge in [0.2, 0.25) is 0 Å². The van der Waals surface area contributed by atoms with Gasteiger partial charge in [0.1, 0.15) is 30.8 Å². The molecule has 1 aliphatic rings. The molecule has 1 amide bonds. The number of rotatable bonds is 11. The highest BCUT2D eigenvalue weighted by Crippen LogP contribution is 2.42. The summed E-state index contributed by atoms with van der Waals surface area (Å²) in [6.07, 6.45) is -0.465. The van der Waals surface area contributed by atoms with Crippen LogP contribution in [0.5, 0.6) is 11.5 Å². The quantitative estimate of drug-likeness (QED) is 0.150. The molecule has 34 heavy (non-hydrogen) atoms. The molecule has 3 aromatic rings. The van der Waals surface area contributed by atoms with Crippen molar-refractivity contribution in [3.8, 4) is 11.5 Å². The summed E-state index contributed by atoms with van der Waals surface area (Å²) in [4.78, 5) is 23.9. The summed E-state index contributed by atoms with van der Waals surface area (Å²) < 4.78 is 27.5. The van der Waals surface area contributed by atoms with Crippen molar-refractivity contribution in [1.82, 2.24) is 5.32 Å². The van der Waals surface area contributed by atoms with Gasteiger partial charge in [-0.25, -0.2) is 9.59 Å². The van der Waals surface area contributed by atoms with Gasteiger partial charge in [0, 0.05) is 33.7 Å². The molecule has 1 atom stereocenters. The number of hydrogen-bond acceptors (Lipinski definition) is 7. The highest BCUT2D eigenvalue weighted by Gasteiger charge is 2.25. The Bertz CT molecular complexity index is 1150. The average Bonchev–Trinajstić information content (AvgIpc) is 3.67. The third-order valence-electron chi connectivity index (χ3n) is 5.17. The molecular formula is C26H27NO7. The second-order valence-corrected chi connectivity index (χ2v) is 7.86. The standard InChI is InChI=1S/C26H27NO7/c1-17(2)25(28)31-14-13-30-12-11-27-26(29)34-24-21-9-5-3-7-19(21)23(33-16-18-15-32-18)20-8-4-6-10-22(20)24/h3-10,18H,1,11-16H2,2H3,(H,27,29).